The maximum Gasteiger partial charge on any atom is 0.162 e. The summed E-state index contributed by atoms with van der Waals surface area (Å²) in [7, 11) is 0. The third-order valence-electron chi connectivity index (χ3n) is 2.99. The first kappa shape index (κ1) is 11.2. The molecule has 3 rings (SSSR count). The van der Waals surface area contributed by atoms with Gasteiger partial charge in [-0.15, -0.1) is 0 Å². The van der Waals surface area contributed by atoms with Gasteiger partial charge in [-0.1, -0.05) is 42.5 Å². The van der Waals surface area contributed by atoms with Crippen LogP contribution in [0.1, 0.15) is 11.4 Å². The molecule has 0 unspecified atom stereocenters. The fourth-order valence-corrected chi connectivity index (χ4v) is 2.52. The first-order valence-electron chi connectivity index (χ1n) is 5.81. The fraction of sp³-hybridized carbons (Fsp3) is 0.143. The molecular weight excluding hydrogens is 242 g/mol. The van der Waals surface area contributed by atoms with Gasteiger partial charge in [0.1, 0.15) is 4.64 Å². The van der Waals surface area contributed by atoms with Crippen molar-refractivity contribution >= 4 is 17.9 Å². The molecule has 0 atom stereocenters. The van der Waals surface area contributed by atoms with Gasteiger partial charge in [-0.2, -0.15) is 0 Å². The van der Waals surface area contributed by atoms with E-state index in [4.69, 9.17) is 12.2 Å². The molecule has 4 heteroatoms. The van der Waals surface area contributed by atoms with E-state index in [2.05, 4.69) is 22.2 Å². The van der Waals surface area contributed by atoms with Gasteiger partial charge in [-0.3, -0.25) is 5.10 Å². The van der Waals surface area contributed by atoms with Crippen molar-refractivity contribution in [1.82, 2.24) is 14.6 Å². The van der Waals surface area contributed by atoms with Crippen molar-refractivity contribution in [3.63, 3.8) is 0 Å². The molecule has 0 aliphatic carbocycles. The zero-order valence-electron chi connectivity index (χ0n) is 10.3. The molecule has 1 N–H and O–H groups in total. The van der Waals surface area contributed by atoms with Crippen molar-refractivity contribution < 1.29 is 0 Å². The van der Waals surface area contributed by atoms with E-state index in [1.807, 2.05) is 42.6 Å². The summed E-state index contributed by atoms with van der Waals surface area (Å²) in [5.41, 5.74) is 5.18. The highest BCUT2D eigenvalue weighted by atomic mass is 32.1. The lowest BCUT2D eigenvalue weighted by Crippen LogP contribution is -1.94. The smallest absolute Gasteiger partial charge is 0.162 e. The van der Waals surface area contributed by atoms with Gasteiger partial charge in [0.05, 0.1) is 0 Å². The first-order valence-corrected chi connectivity index (χ1v) is 6.22. The second-order valence-electron chi connectivity index (χ2n) is 4.37. The number of H-pyrrole nitrogens is 1. The quantitative estimate of drug-likeness (QED) is 0.673. The number of aromatic nitrogens is 3. The lowest BCUT2D eigenvalue weighted by molar-refractivity contribution is 0.896. The Morgan fingerprint density at radius 2 is 1.89 bits per heavy atom. The van der Waals surface area contributed by atoms with Crippen LogP contribution >= 0.6 is 12.2 Å². The van der Waals surface area contributed by atoms with E-state index in [1.54, 1.807) is 0 Å². The highest BCUT2D eigenvalue weighted by Gasteiger charge is 2.12. The van der Waals surface area contributed by atoms with Gasteiger partial charge in [-0.25, -0.2) is 9.50 Å². The molecule has 0 bridgehead atoms. The summed E-state index contributed by atoms with van der Waals surface area (Å²) in [5, 5.41) is 3.27. The summed E-state index contributed by atoms with van der Waals surface area (Å²) in [5.74, 6) is 0. The molecule has 0 saturated heterocycles. The molecule has 0 amide bonds. The minimum absolute atomic E-state index is 0.753. The third kappa shape index (κ3) is 1.66. The highest BCUT2D eigenvalue weighted by Crippen LogP contribution is 2.26. The Morgan fingerprint density at radius 3 is 2.61 bits per heavy atom. The molecule has 0 saturated carbocycles. The zero-order valence-corrected chi connectivity index (χ0v) is 11.1. The van der Waals surface area contributed by atoms with Crippen LogP contribution in [0.5, 0.6) is 0 Å². The number of fused-ring (bicyclic) bond motifs is 1. The number of nitrogens with zero attached hydrogens (tertiary/aromatic N) is 2. The van der Waals surface area contributed by atoms with E-state index in [-0.39, 0.29) is 0 Å². The maximum atomic E-state index is 5.36. The Morgan fingerprint density at radius 1 is 1.17 bits per heavy atom. The van der Waals surface area contributed by atoms with Gasteiger partial charge in [0, 0.05) is 17.0 Å². The van der Waals surface area contributed by atoms with E-state index >= 15 is 0 Å². The molecule has 0 aliphatic rings. The Labute approximate surface area is 110 Å². The van der Waals surface area contributed by atoms with Crippen LogP contribution in [0, 0.1) is 18.5 Å². The summed E-state index contributed by atoms with van der Waals surface area (Å²) >= 11 is 5.36. The number of nitrogens with one attached hydrogen (secondary N) is 1. The SMILES string of the molecule is Cc1cc(=S)n2[nH]c(C)c(-c3ccccc3)c2n1. The third-order valence-corrected chi connectivity index (χ3v) is 3.29. The van der Waals surface area contributed by atoms with Crippen molar-refractivity contribution in [3.05, 3.63) is 52.4 Å². The number of rotatable bonds is 1. The van der Waals surface area contributed by atoms with Gasteiger partial charge in [-0.05, 0) is 25.5 Å². The van der Waals surface area contributed by atoms with Crippen LogP contribution < -0.4 is 0 Å². The summed E-state index contributed by atoms with van der Waals surface area (Å²) in [6.45, 7) is 4.01. The fourth-order valence-electron chi connectivity index (χ4n) is 2.21. The predicted octanol–water partition coefficient (Wildman–Crippen LogP) is 3.68. The lowest BCUT2D eigenvalue weighted by Gasteiger charge is -2.01. The lowest BCUT2D eigenvalue weighted by atomic mass is 10.1. The molecular formula is C14H13N3S. The van der Waals surface area contributed by atoms with Crippen LogP contribution in [0.4, 0.5) is 0 Å². The highest BCUT2D eigenvalue weighted by molar-refractivity contribution is 7.71. The monoisotopic (exact) mass is 255 g/mol. The second kappa shape index (κ2) is 4.07. The van der Waals surface area contributed by atoms with Crippen molar-refractivity contribution in [3.8, 4) is 11.1 Å². The number of hydrogen-bond acceptors (Lipinski definition) is 2. The standard InChI is InChI=1S/C14H13N3S/c1-9-8-12(18)17-14(15-9)13(10(2)16-17)11-6-4-3-5-7-11/h3-8,16H,1-2H3. The minimum Gasteiger partial charge on any atom is -0.295 e. The van der Waals surface area contributed by atoms with Gasteiger partial charge >= 0.3 is 0 Å². The van der Waals surface area contributed by atoms with Crippen molar-refractivity contribution in [1.29, 1.82) is 0 Å². The molecule has 90 valence electrons. The molecule has 0 spiro atoms. The van der Waals surface area contributed by atoms with Crippen LogP contribution in [0.15, 0.2) is 36.4 Å². The van der Waals surface area contributed by atoms with Gasteiger partial charge in [0.25, 0.3) is 0 Å². The summed E-state index contributed by atoms with van der Waals surface area (Å²) in [6.07, 6.45) is 0. The number of benzene rings is 1. The van der Waals surface area contributed by atoms with Crippen LogP contribution in [-0.4, -0.2) is 14.6 Å². The predicted molar refractivity (Wildman–Crippen MR) is 75.3 cm³/mol. The molecule has 2 heterocycles. The van der Waals surface area contributed by atoms with Gasteiger partial charge < -0.3 is 0 Å². The number of hydrogen-bond donors (Lipinski definition) is 1. The van der Waals surface area contributed by atoms with E-state index in [0.717, 1.165) is 32.8 Å². The number of aryl methyl sites for hydroxylation is 2. The molecule has 0 radical (unpaired) electrons. The topological polar surface area (TPSA) is 33.1 Å². The van der Waals surface area contributed by atoms with E-state index < -0.39 is 0 Å². The Balaban J connectivity index is 2.43. The maximum absolute atomic E-state index is 5.36. The summed E-state index contributed by atoms with van der Waals surface area (Å²) < 4.78 is 2.61. The number of aromatic amines is 1. The molecule has 3 aromatic rings. The van der Waals surface area contributed by atoms with Gasteiger partial charge in [0.2, 0.25) is 0 Å². The second-order valence-corrected chi connectivity index (χ2v) is 4.79. The molecule has 3 nitrogen and oxygen atoms in total. The van der Waals surface area contributed by atoms with Crippen molar-refractivity contribution in [2.45, 2.75) is 13.8 Å². The normalized spacial score (nSPS) is 11.0. The van der Waals surface area contributed by atoms with Crippen LogP contribution in [0.25, 0.3) is 16.8 Å². The van der Waals surface area contributed by atoms with Crippen LogP contribution in [-0.2, 0) is 0 Å². The van der Waals surface area contributed by atoms with E-state index in [1.165, 1.54) is 0 Å². The van der Waals surface area contributed by atoms with Crippen molar-refractivity contribution in [2.24, 2.45) is 0 Å². The average molecular weight is 255 g/mol. The Hall–Kier alpha value is -1.94. The van der Waals surface area contributed by atoms with Crippen molar-refractivity contribution in [2.75, 3.05) is 0 Å². The van der Waals surface area contributed by atoms with Crippen LogP contribution in [0.3, 0.4) is 0 Å². The molecule has 0 aliphatic heterocycles. The van der Waals surface area contributed by atoms with E-state index in [0.29, 0.717) is 0 Å². The average Bonchev–Trinajstić information content (AvgIpc) is 2.67. The Bertz CT molecular complexity index is 769. The molecule has 18 heavy (non-hydrogen) atoms. The minimum atomic E-state index is 0.753. The molecule has 1 aromatic carbocycles. The van der Waals surface area contributed by atoms with Crippen LogP contribution in [0.2, 0.25) is 0 Å². The molecule has 0 fully saturated rings. The zero-order chi connectivity index (χ0) is 12.7. The van der Waals surface area contributed by atoms with E-state index in [9.17, 15) is 0 Å². The first-order chi connectivity index (χ1) is 8.66. The Kier molecular flexibility index (Phi) is 2.52. The summed E-state index contributed by atoms with van der Waals surface area (Å²) in [4.78, 5) is 4.60. The summed E-state index contributed by atoms with van der Waals surface area (Å²) in [6, 6.07) is 12.1. The largest absolute Gasteiger partial charge is 0.295 e. The molecule has 2 aromatic heterocycles. The van der Waals surface area contributed by atoms with Gasteiger partial charge in [0.15, 0.2) is 5.65 Å².